The quantitative estimate of drug-likeness (QED) is 0.763. The second-order valence-electron chi connectivity index (χ2n) is 3.46. The Morgan fingerprint density at radius 3 is 2.69 bits per heavy atom. The molecule has 0 saturated carbocycles. The number of sulfone groups is 1. The van der Waals surface area contributed by atoms with Crippen molar-refractivity contribution in [1.29, 1.82) is 0 Å². The van der Waals surface area contributed by atoms with Crippen LogP contribution in [-0.2, 0) is 15.6 Å². The molecule has 1 aromatic rings. The molecule has 0 bridgehead atoms. The summed E-state index contributed by atoms with van der Waals surface area (Å²) in [6, 6.07) is 1.27. The van der Waals surface area contributed by atoms with E-state index in [9.17, 15) is 13.2 Å². The number of hydrogen-bond acceptors (Lipinski definition) is 6. The van der Waals surface area contributed by atoms with Crippen LogP contribution < -0.4 is 4.74 Å². The zero-order valence-electron chi connectivity index (χ0n) is 9.13. The predicted molar refractivity (Wildman–Crippen MR) is 54.8 cm³/mol. The number of ether oxygens (including phenoxy) is 1. The smallest absolute Gasteiger partial charge is 0.388 e. The van der Waals surface area contributed by atoms with Gasteiger partial charge in [0.15, 0.2) is 15.6 Å². The van der Waals surface area contributed by atoms with Crippen LogP contribution in [0.2, 0.25) is 0 Å². The third-order valence-corrected chi connectivity index (χ3v) is 2.31. The van der Waals surface area contributed by atoms with Crippen molar-refractivity contribution in [1.82, 2.24) is 10.1 Å². The molecule has 0 aliphatic carbocycles. The third kappa shape index (κ3) is 3.89. The molecule has 7 nitrogen and oxygen atoms in total. The van der Waals surface area contributed by atoms with E-state index >= 15 is 0 Å². The molecule has 0 spiro atoms. The SMILES string of the molecule is CN(C)C(=O)Oc1cc(CS(C)(=O)=O)on1. The first kappa shape index (κ1) is 12.5. The highest BCUT2D eigenvalue weighted by atomic mass is 32.2. The van der Waals surface area contributed by atoms with Gasteiger partial charge in [0.25, 0.3) is 5.88 Å². The summed E-state index contributed by atoms with van der Waals surface area (Å²) in [5.41, 5.74) is 0. The number of amides is 1. The Labute approximate surface area is 92.9 Å². The summed E-state index contributed by atoms with van der Waals surface area (Å²) in [5.74, 6) is -0.208. The first-order chi connectivity index (χ1) is 7.28. The first-order valence-electron chi connectivity index (χ1n) is 4.30. The number of carbonyl (C=O) groups is 1. The monoisotopic (exact) mass is 248 g/mol. The van der Waals surface area contributed by atoms with Crippen LogP contribution in [-0.4, -0.2) is 44.9 Å². The summed E-state index contributed by atoms with van der Waals surface area (Å²) in [7, 11) is -0.166. The largest absolute Gasteiger partial charge is 0.416 e. The van der Waals surface area contributed by atoms with Crippen LogP contribution in [0.1, 0.15) is 5.76 Å². The van der Waals surface area contributed by atoms with Gasteiger partial charge in [-0.3, -0.25) is 0 Å². The average Bonchev–Trinajstić information content (AvgIpc) is 2.49. The van der Waals surface area contributed by atoms with E-state index in [1.807, 2.05) is 0 Å². The molecule has 8 heteroatoms. The van der Waals surface area contributed by atoms with Crippen LogP contribution in [0.3, 0.4) is 0 Å². The molecular weight excluding hydrogens is 236 g/mol. The highest BCUT2D eigenvalue weighted by Gasteiger charge is 2.14. The Bertz CT molecular complexity index is 476. The maximum Gasteiger partial charge on any atom is 0.416 e. The van der Waals surface area contributed by atoms with Gasteiger partial charge in [0.05, 0.1) is 0 Å². The zero-order chi connectivity index (χ0) is 12.3. The van der Waals surface area contributed by atoms with E-state index in [4.69, 9.17) is 9.26 Å². The van der Waals surface area contributed by atoms with Crippen LogP contribution in [0.4, 0.5) is 4.79 Å². The van der Waals surface area contributed by atoms with Crippen LogP contribution in [0.5, 0.6) is 5.88 Å². The first-order valence-corrected chi connectivity index (χ1v) is 6.36. The molecule has 0 aliphatic rings. The summed E-state index contributed by atoms with van der Waals surface area (Å²) in [5, 5.41) is 3.41. The van der Waals surface area contributed by atoms with E-state index in [0.717, 1.165) is 6.26 Å². The molecule has 0 radical (unpaired) electrons. The fourth-order valence-corrected chi connectivity index (χ4v) is 1.50. The zero-order valence-corrected chi connectivity index (χ0v) is 9.94. The molecule has 0 atom stereocenters. The summed E-state index contributed by atoms with van der Waals surface area (Å²) in [4.78, 5) is 12.3. The molecule has 1 rings (SSSR count). The van der Waals surface area contributed by atoms with Crippen LogP contribution >= 0.6 is 0 Å². The summed E-state index contributed by atoms with van der Waals surface area (Å²) in [6.45, 7) is 0. The lowest BCUT2D eigenvalue weighted by Crippen LogP contribution is -2.25. The molecule has 1 aromatic heterocycles. The molecule has 90 valence electrons. The van der Waals surface area contributed by atoms with Gasteiger partial charge in [-0.25, -0.2) is 13.2 Å². The lowest BCUT2D eigenvalue weighted by atomic mass is 10.5. The maximum absolute atomic E-state index is 11.1. The molecule has 0 N–H and O–H groups in total. The summed E-state index contributed by atoms with van der Waals surface area (Å²) < 4.78 is 31.3. The number of nitrogens with zero attached hydrogens (tertiary/aromatic N) is 2. The van der Waals surface area contributed by atoms with Crippen molar-refractivity contribution in [2.45, 2.75) is 5.75 Å². The van der Waals surface area contributed by atoms with Crippen molar-refractivity contribution >= 4 is 15.9 Å². The molecule has 1 heterocycles. The predicted octanol–water partition coefficient (Wildman–Crippen LogP) is 0.280. The molecule has 16 heavy (non-hydrogen) atoms. The normalized spacial score (nSPS) is 11.2. The van der Waals surface area contributed by atoms with E-state index < -0.39 is 15.9 Å². The Morgan fingerprint density at radius 2 is 2.19 bits per heavy atom. The van der Waals surface area contributed by atoms with Crippen molar-refractivity contribution < 1.29 is 22.5 Å². The third-order valence-electron chi connectivity index (χ3n) is 1.50. The number of aromatic nitrogens is 1. The summed E-state index contributed by atoms with van der Waals surface area (Å²) >= 11 is 0. The minimum absolute atomic E-state index is 0.0580. The molecule has 0 aliphatic heterocycles. The van der Waals surface area contributed by atoms with Crippen molar-refractivity contribution in [3.63, 3.8) is 0 Å². The average molecular weight is 248 g/mol. The Balaban J connectivity index is 2.69. The van der Waals surface area contributed by atoms with Gasteiger partial charge in [-0.2, -0.15) is 0 Å². The van der Waals surface area contributed by atoms with Gasteiger partial charge in [-0.05, 0) is 5.16 Å². The Hall–Kier alpha value is -1.57. The van der Waals surface area contributed by atoms with Gasteiger partial charge in [0.1, 0.15) is 5.75 Å². The van der Waals surface area contributed by atoms with Crippen LogP contribution in [0, 0.1) is 0 Å². The molecule has 0 fully saturated rings. The van der Waals surface area contributed by atoms with E-state index in [2.05, 4.69) is 5.16 Å². The van der Waals surface area contributed by atoms with Gasteiger partial charge >= 0.3 is 6.09 Å². The maximum atomic E-state index is 11.1. The number of hydrogen-bond donors (Lipinski definition) is 0. The fourth-order valence-electron chi connectivity index (χ4n) is 0.849. The number of carbonyl (C=O) groups excluding carboxylic acids is 1. The van der Waals surface area contributed by atoms with Crippen molar-refractivity contribution in [2.75, 3.05) is 20.4 Å². The van der Waals surface area contributed by atoms with E-state index in [-0.39, 0.29) is 17.4 Å². The van der Waals surface area contributed by atoms with Crippen LogP contribution in [0.15, 0.2) is 10.6 Å². The van der Waals surface area contributed by atoms with Gasteiger partial charge in [0.2, 0.25) is 0 Å². The van der Waals surface area contributed by atoms with Gasteiger partial charge in [-0.1, -0.05) is 0 Å². The second kappa shape index (κ2) is 4.52. The molecule has 0 aromatic carbocycles. The van der Waals surface area contributed by atoms with Crippen molar-refractivity contribution in [2.24, 2.45) is 0 Å². The van der Waals surface area contributed by atoms with Gasteiger partial charge in [0, 0.05) is 26.4 Å². The lowest BCUT2D eigenvalue weighted by molar-refractivity contribution is 0.167. The highest BCUT2D eigenvalue weighted by Crippen LogP contribution is 2.14. The Kier molecular flexibility index (Phi) is 3.53. The topological polar surface area (TPSA) is 89.7 Å². The van der Waals surface area contributed by atoms with Crippen molar-refractivity contribution in [3.05, 3.63) is 11.8 Å². The van der Waals surface area contributed by atoms with Gasteiger partial charge in [-0.15, -0.1) is 0 Å². The number of rotatable bonds is 3. The molecule has 0 unspecified atom stereocenters. The lowest BCUT2D eigenvalue weighted by Gasteiger charge is -2.07. The molecule has 1 amide bonds. The standard InChI is InChI=1S/C8H12N2O5S/c1-10(2)8(11)14-7-4-6(15-9-7)5-16(3,12)13/h4H,5H2,1-3H3. The Morgan fingerprint density at radius 1 is 1.56 bits per heavy atom. The summed E-state index contributed by atoms with van der Waals surface area (Å²) in [6.07, 6.45) is 0.459. The fraction of sp³-hybridized carbons (Fsp3) is 0.500. The van der Waals surface area contributed by atoms with E-state index in [0.29, 0.717) is 0 Å². The van der Waals surface area contributed by atoms with E-state index in [1.54, 1.807) is 0 Å². The minimum Gasteiger partial charge on any atom is -0.388 e. The second-order valence-corrected chi connectivity index (χ2v) is 5.60. The van der Waals surface area contributed by atoms with Gasteiger partial charge < -0.3 is 14.2 Å². The highest BCUT2D eigenvalue weighted by molar-refractivity contribution is 7.89. The van der Waals surface area contributed by atoms with Crippen molar-refractivity contribution in [3.8, 4) is 5.88 Å². The molecule has 0 saturated heterocycles. The van der Waals surface area contributed by atoms with E-state index in [1.165, 1.54) is 25.1 Å². The molecular formula is C8H12N2O5S. The van der Waals surface area contributed by atoms with Crippen LogP contribution in [0.25, 0.3) is 0 Å². The minimum atomic E-state index is -3.19.